The summed E-state index contributed by atoms with van der Waals surface area (Å²) in [6, 6.07) is 7.20. The summed E-state index contributed by atoms with van der Waals surface area (Å²) in [5, 5.41) is 0. The number of rotatable bonds is 7. The van der Waals surface area contributed by atoms with Crippen molar-refractivity contribution in [2.24, 2.45) is 5.92 Å². The van der Waals surface area contributed by atoms with Crippen LogP contribution in [0.25, 0.3) is 0 Å². The summed E-state index contributed by atoms with van der Waals surface area (Å²) >= 11 is 0. The second kappa shape index (κ2) is 9.21. The van der Waals surface area contributed by atoms with E-state index in [2.05, 4.69) is 0 Å². The van der Waals surface area contributed by atoms with Crippen molar-refractivity contribution >= 4 is 27.6 Å². The number of sulfonamides is 1. The van der Waals surface area contributed by atoms with Gasteiger partial charge in [-0.25, -0.2) is 8.42 Å². The number of carbonyl (C=O) groups is 2. The van der Waals surface area contributed by atoms with Gasteiger partial charge in [-0.1, -0.05) is 25.1 Å². The van der Waals surface area contributed by atoms with E-state index in [4.69, 9.17) is 4.74 Å². The molecule has 1 amide bonds. The lowest BCUT2D eigenvalue weighted by Crippen LogP contribution is -2.46. The zero-order valence-electron chi connectivity index (χ0n) is 16.2. The molecule has 150 valence electrons. The summed E-state index contributed by atoms with van der Waals surface area (Å²) in [6.45, 7) is 4.68. The van der Waals surface area contributed by atoms with E-state index in [9.17, 15) is 18.0 Å². The molecule has 8 heteroatoms. The summed E-state index contributed by atoms with van der Waals surface area (Å²) < 4.78 is 30.9. The Bertz CT molecular complexity index is 770. The van der Waals surface area contributed by atoms with Gasteiger partial charge in [-0.05, 0) is 37.8 Å². The van der Waals surface area contributed by atoms with Gasteiger partial charge < -0.3 is 9.64 Å². The van der Waals surface area contributed by atoms with Crippen LogP contribution in [0.3, 0.4) is 0 Å². The maximum absolute atomic E-state index is 12.7. The van der Waals surface area contributed by atoms with E-state index < -0.39 is 10.0 Å². The van der Waals surface area contributed by atoms with E-state index in [1.165, 1.54) is 4.31 Å². The van der Waals surface area contributed by atoms with Crippen molar-refractivity contribution < 1.29 is 22.7 Å². The van der Waals surface area contributed by atoms with Gasteiger partial charge in [0, 0.05) is 13.1 Å². The number of carbonyl (C=O) groups excluding carboxylic acids is 2. The zero-order chi connectivity index (χ0) is 20.0. The highest BCUT2D eigenvalue weighted by molar-refractivity contribution is 7.92. The van der Waals surface area contributed by atoms with Crippen molar-refractivity contribution in [2.45, 2.75) is 33.1 Å². The molecule has 0 unspecified atom stereocenters. The summed E-state index contributed by atoms with van der Waals surface area (Å²) in [4.78, 5) is 26.2. The lowest BCUT2D eigenvalue weighted by molar-refractivity contribution is -0.151. The SMILES string of the molecule is CCOC(=O)C1CCN(C(=O)CN(c2ccccc2CC)S(C)(=O)=O)CC1. The molecule has 0 spiro atoms. The molecule has 1 aromatic carbocycles. The minimum Gasteiger partial charge on any atom is -0.466 e. The molecule has 0 radical (unpaired) electrons. The summed E-state index contributed by atoms with van der Waals surface area (Å²) in [5.74, 6) is -0.672. The largest absolute Gasteiger partial charge is 0.466 e. The first-order chi connectivity index (χ1) is 12.8. The van der Waals surface area contributed by atoms with Crippen molar-refractivity contribution in [3.8, 4) is 0 Å². The number of benzene rings is 1. The highest BCUT2D eigenvalue weighted by Crippen LogP contribution is 2.24. The monoisotopic (exact) mass is 396 g/mol. The van der Waals surface area contributed by atoms with Crippen LogP contribution < -0.4 is 4.31 Å². The minimum absolute atomic E-state index is 0.194. The van der Waals surface area contributed by atoms with E-state index in [1.807, 2.05) is 19.1 Å². The fourth-order valence-electron chi connectivity index (χ4n) is 3.28. The summed E-state index contributed by atoms with van der Waals surface area (Å²) in [5.41, 5.74) is 1.41. The van der Waals surface area contributed by atoms with E-state index in [1.54, 1.807) is 24.0 Å². The minimum atomic E-state index is -3.60. The van der Waals surface area contributed by atoms with Crippen LogP contribution in [0.4, 0.5) is 5.69 Å². The average molecular weight is 397 g/mol. The maximum atomic E-state index is 12.7. The van der Waals surface area contributed by atoms with Crippen LogP contribution in [0.1, 0.15) is 32.3 Å². The molecule has 27 heavy (non-hydrogen) atoms. The van der Waals surface area contributed by atoms with E-state index in [0.717, 1.165) is 11.8 Å². The first-order valence-electron chi connectivity index (χ1n) is 9.27. The average Bonchev–Trinajstić information content (AvgIpc) is 2.65. The quantitative estimate of drug-likeness (QED) is 0.657. The van der Waals surface area contributed by atoms with Crippen molar-refractivity contribution in [1.82, 2.24) is 4.90 Å². The second-order valence-corrected chi connectivity index (χ2v) is 8.57. The molecule has 0 aliphatic carbocycles. The zero-order valence-corrected chi connectivity index (χ0v) is 17.0. The lowest BCUT2D eigenvalue weighted by Gasteiger charge is -2.33. The molecule has 1 heterocycles. The first kappa shape index (κ1) is 21.2. The number of amides is 1. The molecule has 7 nitrogen and oxygen atoms in total. The van der Waals surface area contributed by atoms with Crippen molar-refractivity contribution in [3.63, 3.8) is 0 Å². The van der Waals surface area contributed by atoms with E-state index in [0.29, 0.717) is 44.6 Å². The number of ether oxygens (including phenoxy) is 1. The Morgan fingerprint density at radius 3 is 2.37 bits per heavy atom. The van der Waals surface area contributed by atoms with Gasteiger partial charge >= 0.3 is 5.97 Å². The Kier molecular flexibility index (Phi) is 7.24. The Hall–Kier alpha value is -2.09. The fraction of sp³-hybridized carbons (Fsp3) is 0.579. The molecule has 1 saturated heterocycles. The lowest BCUT2D eigenvalue weighted by atomic mass is 9.97. The van der Waals surface area contributed by atoms with Crippen LogP contribution >= 0.6 is 0 Å². The number of anilines is 1. The van der Waals surface area contributed by atoms with Crippen LogP contribution in [0.2, 0.25) is 0 Å². The standard InChI is InChI=1S/C19H28N2O5S/c1-4-15-8-6-7-9-17(15)21(27(3,24)25)14-18(22)20-12-10-16(11-13-20)19(23)26-5-2/h6-9,16H,4-5,10-14H2,1-3H3. The van der Waals surface area contributed by atoms with Crippen LogP contribution in [0.5, 0.6) is 0 Å². The predicted molar refractivity (Wildman–Crippen MR) is 104 cm³/mol. The topological polar surface area (TPSA) is 84.0 Å². The third-order valence-corrected chi connectivity index (χ3v) is 5.91. The molecule has 0 bridgehead atoms. The molecule has 0 aromatic heterocycles. The number of hydrogen-bond donors (Lipinski definition) is 0. The Morgan fingerprint density at radius 1 is 1.19 bits per heavy atom. The third kappa shape index (κ3) is 5.45. The molecule has 1 fully saturated rings. The van der Waals surface area contributed by atoms with Crippen LogP contribution in [0, 0.1) is 5.92 Å². The second-order valence-electron chi connectivity index (χ2n) is 6.66. The van der Waals surface area contributed by atoms with Crippen LogP contribution in [0.15, 0.2) is 24.3 Å². The molecule has 1 aliphatic rings. The van der Waals surface area contributed by atoms with Gasteiger partial charge in [-0.15, -0.1) is 0 Å². The summed E-state index contributed by atoms with van der Waals surface area (Å²) in [7, 11) is -3.60. The number of aryl methyl sites for hydroxylation is 1. The number of esters is 1. The molecule has 0 saturated carbocycles. The smallest absolute Gasteiger partial charge is 0.309 e. The molecule has 0 N–H and O–H groups in total. The highest BCUT2D eigenvalue weighted by Gasteiger charge is 2.30. The number of para-hydroxylation sites is 1. The Balaban J connectivity index is 2.09. The number of nitrogens with zero attached hydrogens (tertiary/aromatic N) is 2. The molecule has 2 rings (SSSR count). The predicted octanol–water partition coefficient (Wildman–Crippen LogP) is 1.82. The highest BCUT2D eigenvalue weighted by atomic mass is 32.2. The van der Waals surface area contributed by atoms with Gasteiger partial charge in [0.1, 0.15) is 6.54 Å². The molecular weight excluding hydrogens is 368 g/mol. The summed E-state index contributed by atoms with van der Waals surface area (Å²) in [6.07, 6.45) is 2.85. The number of piperidine rings is 1. The van der Waals surface area contributed by atoms with Crippen LogP contribution in [-0.2, 0) is 30.8 Å². The van der Waals surface area contributed by atoms with Crippen molar-refractivity contribution in [1.29, 1.82) is 0 Å². The first-order valence-corrected chi connectivity index (χ1v) is 11.1. The van der Waals surface area contributed by atoms with Crippen molar-refractivity contribution in [3.05, 3.63) is 29.8 Å². The Morgan fingerprint density at radius 2 is 1.81 bits per heavy atom. The molecule has 1 aliphatic heterocycles. The number of likely N-dealkylation sites (tertiary alicyclic amines) is 1. The molecular formula is C19H28N2O5S. The molecule has 1 aromatic rings. The number of hydrogen-bond acceptors (Lipinski definition) is 5. The van der Waals surface area contributed by atoms with Gasteiger partial charge in [0.25, 0.3) is 0 Å². The normalized spacial score (nSPS) is 15.4. The van der Waals surface area contributed by atoms with Gasteiger partial charge in [0.2, 0.25) is 15.9 Å². The third-order valence-electron chi connectivity index (χ3n) is 4.79. The maximum Gasteiger partial charge on any atom is 0.309 e. The van der Waals surface area contributed by atoms with E-state index in [-0.39, 0.29) is 24.3 Å². The van der Waals surface area contributed by atoms with Crippen molar-refractivity contribution in [2.75, 3.05) is 36.8 Å². The fourth-order valence-corrected chi connectivity index (χ4v) is 4.16. The van der Waals surface area contributed by atoms with Crippen LogP contribution in [-0.4, -0.2) is 57.7 Å². The van der Waals surface area contributed by atoms with Gasteiger partial charge in [-0.2, -0.15) is 0 Å². The molecule has 0 atom stereocenters. The Labute approximate surface area is 161 Å². The van der Waals surface area contributed by atoms with E-state index >= 15 is 0 Å². The van der Waals surface area contributed by atoms with Gasteiger partial charge in [0.15, 0.2) is 0 Å². The van der Waals surface area contributed by atoms with Gasteiger partial charge in [0.05, 0.1) is 24.5 Å². The van der Waals surface area contributed by atoms with Gasteiger partial charge in [-0.3, -0.25) is 13.9 Å².